The molecule has 0 atom stereocenters. The van der Waals surface area contributed by atoms with Crippen molar-refractivity contribution in [2.45, 2.75) is 13.0 Å². The SMILES string of the molecule is O=C(c1ccc(NCc2ccc3c(c2)OCO3)nc1)N1CCc2ccccc21. The zero-order chi connectivity index (χ0) is 18.9. The second kappa shape index (κ2) is 6.88. The summed E-state index contributed by atoms with van der Waals surface area (Å²) in [6, 6.07) is 17.5. The Hall–Kier alpha value is -3.54. The highest BCUT2D eigenvalue weighted by Gasteiger charge is 2.25. The van der Waals surface area contributed by atoms with Crippen LogP contribution < -0.4 is 19.7 Å². The lowest BCUT2D eigenvalue weighted by molar-refractivity contribution is 0.0989. The van der Waals surface area contributed by atoms with E-state index in [0.29, 0.717) is 18.7 Å². The topological polar surface area (TPSA) is 63.7 Å². The molecule has 0 spiro atoms. The van der Waals surface area contributed by atoms with E-state index in [1.165, 1.54) is 5.56 Å². The number of hydrogen-bond acceptors (Lipinski definition) is 5. The monoisotopic (exact) mass is 373 g/mol. The number of anilines is 2. The molecule has 0 bridgehead atoms. The number of nitrogens with one attached hydrogen (secondary N) is 1. The zero-order valence-electron chi connectivity index (χ0n) is 15.2. The van der Waals surface area contributed by atoms with E-state index in [1.807, 2.05) is 53.4 Å². The first-order valence-corrected chi connectivity index (χ1v) is 9.26. The van der Waals surface area contributed by atoms with E-state index < -0.39 is 0 Å². The molecule has 0 radical (unpaired) electrons. The van der Waals surface area contributed by atoms with Crippen LogP contribution in [0.2, 0.25) is 0 Å². The number of para-hydroxylation sites is 1. The molecule has 5 rings (SSSR count). The highest BCUT2D eigenvalue weighted by atomic mass is 16.7. The van der Waals surface area contributed by atoms with Crippen LogP contribution in [0, 0.1) is 0 Å². The van der Waals surface area contributed by atoms with Crippen molar-refractivity contribution in [2.24, 2.45) is 0 Å². The van der Waals surface area contributed by atoms with Crippen LogP contribution in [0.25, 0.3) is 0 Å². The lowest BCUT2D eigenvalue weighted by atomic mass is 10.2. The Morgan fingerprint density at radius 1 is 1.07 bits per heavy atom. The van der Waals surface area contributed by atoms with Crippen molar-refractivity contribution in [3.05, 3.63) is 77.5 Å². The van der Waals surface area contributed by atoms with E-state index in [9.17, 15) is 4.79 Å². The predicted octanol–water partition coefficient (Wildman–Crippen LogP) is 3.63. The Kier molecular flexibility index (Phi) is 4.09. The normalized spacial score (nSPS) is 14.1. The van der Waals surface area contributed by atoms with Gasteiger partial charge in [0.1, 0.15) is 5.82 Å². The van der Waals surface area contributed by atoms with Gasteiger partial charge in [0.05, 0.1) is 5.56 Å². The molecule has 6 nitrogen and oxygen atoms in total. The van der Waals surface area contributed by atoms with Gasteiger partial charge in [-0.25, -0.2) is 4.98 Å². The predicted molar refractivity (Wildman–Crippen MR) is 106 cm³/mol. The van der Waals surface area contributed by atoms with Gasteiger partial charge in [0.2, 0.25) is 6.79 Å². The first-order valence-electron chi connectivity index (χ1n) is 9.26. The Morgan fingerprint density at radius 2 is 1.96 bits per heavy atom. The second-order valence-corrected chi connectivity index (χ2v) is 6.81. The number of amides is 1. The number of carbonyl (C=O) groups is 1. The van der Waals surface area contributed by atoms with Crippen molar-refractivity contribution in [3.8, 4) is 11.5 Å². The van der Waals surface area contributed by atoms with Crippen LogP contribution in [0.3, 0.4) is 0 Å². The number of benzene rings is 2. The van der Waals surface area contributed by atoms with Crippen molar-refractivity contribution < 1.29 is 14.3 Å². The summed E-state index contributed by atoms with van der Waals surface area (Å²) in [5.41, 5.74) is 3.87. The molecule has 3 aromatic rings. The largest absolute Gasteiger partial charge is 0.454 e. The fourth-order valence-electron chi connectivity index (χ4n) is 3.57. The summed E-state index contributed by atoms with van der Waals surface area (Å²) in [4.78, 5) is 19.1. The molecule has 6 heteroatoms. The van der Waals surface area contributed by atoms with Crippen LogP contribution in [-0.2, 0) is 13.0 Å². The van der Waals surface area contributed by atoms with Gasteiger partial charge in [0.25, 0.3) is 5.91 Å². The van der Waals surface area contributed by atoms with Crippen LogP contribution >= 0.6 is 0 Å². The van der Waals surface area contributed by atoms with Crippen LogP contribution in [0.5, 0.6) is 11.5 Å². The number of carbonyl (C=O) groups excluding carboxylic acids is 1. The minimum absolute atomic E-state index is 0.0141. The molecule has 0 aliphatic carbocycles. The second-order valence-electron chi connectivity index (χ2n) is 6.81. The highest BCUT2D eigenvalue weighted by molar-refractivity contribution is 6.07. The first kappa shape index (κ1) is 16.6. The van der Waals surface area contributed by atoms with E-state index >= 15 is 0 Å². The van der Waals surface area contributed by atoms with Crippen LogP contribution in [0.4, 0.5) is 11.5 Å². The maximum absolute atomic E-state index is 12.8. The number of hydrogen-bond donors (Lipinski definition) is 1. The summed E-state index contributed by atoms with van der Waals surface area (Å²) in [6.07, 6.45) is 2.52. The fraction of sp³-hybridized carbons (Fsp3) is 0.182. The highest BCUT2D eigenvalue weighted by Crippen LogP contribution is 2.32. The molecule has 0 unspecified atom stereocenters. The lowest BCUT2D eigenvalue weighted by Crippen LogP contribution is -2.28. The molecule has 3 heterocycles. The molecule has 1 N–H and O–H groups in total. The summed E-state index contributed by atoms with van der Waals surface area (Å²) in [6.45, 7) is 1.59. The number of aromatic nitrogens is 1. The fourth-order valence-corrected chi connectivity index (χ4v) is 3.57. The summed E-state index contributed by atoms with van der Waals surface area (Å²) in [7, 11) is 0. The van der Waals surface area contributed by atoms with E-state index in [0.717, 1.165) is 35.0 Å². The van der Waals surface area contributed by atoms with Crippen LogP contribution in [0.15, 0.2) is 60.8 Å². The van der Waals surface area contributed by atoms with Crippen molar-refractivity contribution in [1.82, 2.24) is 4.98 Å². The third-order valence-electron chi connectivity index (χ3n) is 5.05. The van der Waals surface area contributed by atoms with Crippen molar-refractivity contribution in [3.63, 3.8) is 0 Å². The van der Waals surface area contributed by atoms with Gasteiger partial charge in [0.15, 0.2) is 11.5 Å². The minimum Gasteiger partial charge on any atom is -0.454 e. The van der Waals surface area contributed by atoms with Crippen LogP contribution in [-0.4, -0.2) is 24.2 Å². The first-order chi connectivity index (χ1) is 13.8. The standard InChI is InChI=1S/C22H19N3O3/c26-22(25-10-9-16-3-1-2-4-18(16)25)17-6-8-21(24-13-17)23-12-15-5-7-19-20(11-15)28-14-27-19/h1-8,11,13H,9-10,12,14H2,(H,23,24). The van der Waals surface area contributed by atoms with Crippen molar-refractivity contribution in [1.29, 1.82) is 0 Å². The summed E-state index contributed by atoms with van der Waals surface area (Å²) in [5.74, 6) is 2.24. The zero-order valence-corrected chi connectivity index (χ0v) is 15.2. The summed E-state index contributed by atoms with van der Waals surface area (Å²) < 4.78 is 10.7. The van der Waals surface area contributed by atoms with Gasteiger partial charge in [-0.05, 0) is 47.9 Å². The average Bonchev–Trinajstić information content (AvgIpc) is 3.38. The van der Waals surface area contributed by atoms with Gasteiger partial charge in [-0.15, -0.1) is 0 Å². The number of rotatable bonds is 4. The quantitative estimate of drug-likeness (QED) is 0.757. The summed E-state index contributed by atoms with van der Waals surface area (Å²) in [5, 5.41) is 3.27. The lowest BCUT2D eigenvalue weighted by Gasteiger charge is -2.17. The maximum Gasteiger partial charge on any atom is 0.259 e. The van der Waals surface area contributed by atoms with Gasteiger partial charge in [-0.1, -0.05) is 24.3 Å². The molecule has 0 fully saturated rings. The average molecular weight is 373 g/mol. The van der Waals surface area contributed by atoms with Crippen LogP contribution in [0.1, 0.15) is 21.5 Å². The molecule has 0 saturated carbocycles. The Morgan fingerprint density at radius 3 is 2.86 bits per heavy atom. The number of pyridine rings is 1. The molecule has 2 aliphatic rings. The molecule has 1 amide bonds. The van der Waals surface area contributed by atoms with Crippen molar-refractivity contribution >= 4 is 17.4 Å². The molecule has 28 heavy (non-hydrogen) atoms. The van der Waals surface area contributed by atoms with Gasteiger partial charge < -0.3 is 19.7 Å². The molecular weight excluding hydrogens is 354 g/mol. The van der Waals surface area contributed by atoms with Crippen molar-refractivity contribution in [2.75, 3.05) is 23.6 Å². The molecule has 2 aromatic carbocycles. The minimum atomic E-state index is -0.0141. The number of fused-ring (bicyclic) bond motifs is 2. The third kappa shape index (κ3) is 3.03. The van der Waals surface area contributed by atoms with Gasteiger partial charge in [-0.3, -0.25) is 4.79 Å². The van der Waals surface area contributed by atoms with E-state index in [4.69, 9.17) is 9.47 Å². The third-order valence-corrected chi connectivity index (χ3v) is 5.05. The molecule has 1 aromatic heterocycles. The summed E-state index contributed by atoms with van der Waals surface area (Å²) >= 11 is 0. The smallest absolute Gasteiger partial charge is 0.259 e. The number of nitrogens with zero attached hydrogens (tertiary/aromatic N) is 2. The number of ether oxygens (including phenoxy) is 2. The van der Waals surface area contributed by atoms with Gasteiger partial charge in [-0.2, -0.15) is 0 Å². The maximum atomic E-state index is 12.8. The Bertz CT molecular complexity index is 1030. The molecule has 140 valence electrons. The van der Waals surface area contributed by atoms with E-state index in [1.54, 1.807) is 6.20 Å². The molecule has 2 aliphatic heterocycles. The van der Waals surface area contributed by atoms with Gasteiger partial charge >= 0.3 is 0 Å². The Balaban J connectivity index is 1.25. The van der Waals surface area contributed by atoms with Gasteiger partial charge in [0, 0.05) is 25.0 Å². The van der Waals surface area contributed by atoms with E-state index in [-0.39, 0.29) is 12.7 Å². The Labute approximate surface area is 162 Å². The molecule has 0 saturated heterocycles. The molecular formula is C22H19N3O3. The van der Waals surface area contributed by atoms with E-state index in [2.05, 4.69) is 16.4 Å².